The van der Waals surface area contributed by atoms with E-state index < -0.39 is 21.9 Å². The molecule has 0 fully saturated rings. The van der Waals surface area contributed by atoms with E-state index in [2.05, 4.69) is 14.2 Å². The van der Waals surface area contributed by atoms with Crippen molar-refractivity contribution in [3.05, 3.63) is 58.1 Å². The summed E-state index contributed by atoms with van der Waals surface area (Å²) in [6, 6.07) is 7.94. The molecule has 0 unspecified atom stereocenters. The topological polar surface area (TPSA) is 107 Å². The van der Waals surface area contributed by atoms with E-state index in [1.54, 1.807) is 24.3 Å². The fourth-order valence-electron chi connectivity index (χ4n) is 2.39. The van der Waals surface area contributed by atoms with Gasteiger partial charge in [-0.3, -0.25) is 18.7 Å². The summed E-state index contributed by atoms with van der Waals surface area (Å²) in [6.07, 6.45) is 0.912. The quantitative estimate of drug-likeness (QED) is 0.437. The van der Waals surface area contributed by atoms with Crippen molar-refractivity contribution in [2.24, 2.45) is 0 Å². The van der Waals surface area contributed by atoms with E-state index in [4.69, 9.17) is 11.6 Å². The van der Waals surface area contributed by atoms with Crippen molar-refractivity contribution in [2.45, 2.75) is 13.2 Å². The third kappa shape index (κ3) is 3.84. The smallest absolute Gasteiger partial charge is 0.264 e. The number of carbonyl (C=O) groups excluding carboxylic acids is 2. The third-order valence-corrected chi connectivity index (χ3v) is 4.14. The molecule has 8 nitrogen and oxygen atoms in total. The molecule has 1 aliphatic rings. The molecule has 0 N–H and O–H groups in total. The van der Waals surface area contributed by atoms with Gasteiger partial charge in [-0.05, 0) is 29.8 Å². The lowest BCUT2D eigenvalue weighted by molar-refractivity contribution is 0.0640. The fourth-order valence-corrected chi connectivity index (χ4v) is 2.94. The summed E-state index contributed by atoms with van der Waals surface area (Å²) < 4.78 is 26.8. The first-order chi connectivity index (χ1) is 11.7. The van der Waals surface area contributed by atoms with E-state index in [0.717, 1.165) is 11.2 Å². The Hall–Kier alpha value is -2.36. The van der Waals surface area contributed by atoms with E-state index in [1.807, 2.05) is 0 Å². The highest BCUT2D eigenvalue weighted by molar-refractivity contribution is 7.85. The van der Waals surface area contributed by atoms with Crippen LogP contribution in [0.15, 0.2) is 30.3 Å². The Balaban J connectivity index is 1.83. The molecule has 0 bridgehead atoms. The maximum atomic E-state index is 12.4. The molecule has 0 spiro atoms. The number of imide groups is 1. The van der Waals surface area contributed by atoms with Gasteiger partial charge >= 0.3 is 0 Å². The van der Waals surface area contributed by atoms with Gasteiger partial charge in [0, 0.05) is 0 Å². The monoisotopic (exact) mass is 381 g/mol. The molecule has 3 rings (SSSR count). The Morgan fingerprint density at radius 3 is 2.20 bits per heavy atom. The molecule has 130 valence electrons. The number of fused-ring (bicyclic) bond motifs is 1. The van der Waals surface area contributed by atoms with Crippen LogP contribution in [-0.2, 0) is 27.5 Å². The molecule has 0 aliphatic carbocycles. The highest BCUT2D eigenvalue weighted by Crippen LogP contribution is 2.24. The number of benzene rings is 1. The highest BCUT2D eigenvalue weighted by Gasteiger charge is 2.35. The zero-order valence-corrected chi connectivity index (χ0v) is 14.5. The van der Waals surface area contributed by atoms with Crippen LogP contribution >= 0.6 is 11.6 Å². The van der Waals surface area contributed by atoms with Crippen LogP contribution in [0.3, 0.4) is 0 Å². The SMILES string of the molecule is CS(=O)(=O)OCc1cc(CN2C(=O)c3ccccc3C2=O)nc(Cl)n1. The maximum absolute atomic E-state index is 12.4. The van der Waals surface area contributed by atoms with Crippen LogP contribution in [0, 0.1) is 0 Å². The van der Waals surface area contributed by atoms with Crippen LogP contribution in [0.25, 0.3) is 0 Å². The van der Waals surface area contributed by atoms with Crippen molar-refractivity contribution in [1.29, 1.82) is 0 Å². The summed E-state index contributed by atoms with van der Waals surface area (Å²) in [5.41, 5.74) is 1.17. The van der Waals surface area contributed by atoms with Gasteiger partial charge in [-0.1, -0.05) is 12.1 Å². The van der Waals surface area contributed by atoms with E-state index in [9.17, 15) is 18.0 Å². The molecule has 0 saturated heterocycles. The highest BCUT2D eigenvalue weighted by atomic mass is 35.5. The van der Waals surface area contributed by atoms with Crippen molar-refractivity contribution in [3.8, 4) is 0 Å². The van der Waals surface area contributed by atoms with Crippen molar-refractivity contribution >= 4 is 33.5 Å². The minimum atomic E-state index is -3.65. The largest absolute Gasteiger partial charge is 0.269 e. The third-order valence-electron chi connectivity index (χ3n) is 3.42. The first kappa shape index (κ1) is 17.5. The van der Waals surface area contributed by atoms with E-state index in [-0.39, 0.29) is 24.1 Å². The summed E-state index contributed by atoms with van der Waals surface area (Å²) in [5.74, 6) is -0.853. The lowest BCUT2D eigenvalue weighted by Gasteiger charge is -2.14. The van der Waals surface area contributed by atoms with Crippen molar-refractivity contribution in [3.63, 3.8) is 0 Å². The summed E-state index contributed by atoms with van der Waals surface area (Å²) >= 11 is 5.83. The predicted molar refractivity (Wildman–Crippen MR) is 87.3 cm³/mol. The van der Waals surface area contributed by atoms with Crippen molar-refractivity contribution in [1.82, 2.24) is 14.9 Å². The van der Waals surface area contributed by atoms with Crippen molar-refractivity contribution < 1.29 is 22.2 Å². The van der Waals surface area contributed by atoms with Gasteiger partial charge in [-0.25, -0.2) is 9.97 Å². The Morgan fingerprint density at radius 2 is 1.64 bits per heavy atom. The van der Waals surface area contributed by atoms with Crippen LogP contribution < -0.4 is 0 Å². The van der Waals surface area contributed by atoms with Crippen LogP contribution in [0.5, 0.6) is 0 Å². The molecule has 1 aromatic heterocycles. The van der Waals surface area contributed by atoms with Crippen LogP contribution in [0.1, 0.15) is 32.1 Å². The second-order valence-electron chi connectivity index (χ2n) is 5.33. The molecule has 0 radical (unpaired) electrons. The van der Waals surface area contributed by atoms with Gasteiger partial charge in [-0.2, -0.15) is 8.42 Å². The number of rotatable bonds is 5. The molecule has 2 amide bonds. The Labute approximate surface area is 148 Å². The number of hydrogen-bond donors (Lipinski definition) is 0. The number of carbonyl (C=O) groups is 2. The Bertz CT molecular complexity index is 942. The van der Waals surface area contributed by atoms with E-state index in [0.29, 0.717) is 16.8 Å². The van der Waals surface area contributed by atoms with Gasteiger partial charge in [0.1, 0.15) is 6.61 Å². The fraction of sp³-hybridized carbons (Fsp3) is 0.200. The van der Waals surface area contributed by atoms with Gasteiger partial charge in [0.05, 0.1) is 35.3 Å². The van der Waals surface area contributed by atoms with Gasteiger partial charge in [0.2, 0.25) is 5.28 Å². The number of aromatic nitrogens is 2. The van der Waals surface area contributed by atoms with Gasteiger partial charge in [-0.15, -0.1) is 0 Å². The number of amides is 2. The number of hydrogen-bond acceptors (Lipinski definition) is 7. The summed E-state index contributed by atoms with van der Waals surface area (Å²) in [7, 11) is -3.65. The zero-order valence-electron chi connectivity index (χ0n) is 13.0. The molecule has 25 heavy (non-hydrogen) atoms. The van der Waals surface area contributed by atoms with Crippen LogP contribution in [0.4, 0.5) is 0 Å². The molecule has 2 heterocycles. The summed E-state index contributed by atoms with van der Waals surface area (Å²) in [5, 5.41) is -0.138. The van der Waals surface area contributed by atoms with Crippen LogP contribution in [-0.4, -0.2) is 41.4 Å². The van der Waals surface area contributed by atoms with Gasteiger partial charge in [0.15, 0.2) is 0 Å². The first-order valence-corrected chi connectivity index (χ1v) is 9.26. The van der Waals surface area contributed by atoms with Crippen molar-refractivity contribution in [2.75, 3.05) is 6.26 Å². The van der Waals surface area contributed by atoms with E-state index >= 15 is 0 Å². The Morgan fingerprint density at radius 1 is 1.08 bits per heavy atom. The number of halogens is 1. The van der Waals surface area contributed by atoms with Gasteiger partial charge in [0.25, 0.3) is 21.9 Å². The molecule has 10 heteroatoms. The van der Waals surface area contributed by atoms with E-state index in [1.165, 1.54) is 6.07 Å². The summed E-state index contributed by atoms with van der Waals surface area (Å²) in [4.78, 5) is 33.6. The normalized spacial score (nSPS) is 14.1. The molecule has 1 aliphatic heterocycles. The average molecular weight is 382 g/mol. The zero-order chi connectivity index (χ0) is 18.2. The number of nitrogens with zero attached hydrogens (tertiary/aromatic N) is 3. The minimum Gasteiger partial charge on any atom is -0.269 e. The lowest BCUT2D eigenvalue weighted by Crippen LogP contribution is -2.29. The molecule has 2 aromatic rings. The van der Waals surface area contributed by atoms with Crippen LogP contribution in [0.2, 0.25) is 5.28 Å². The lowest BCUT2D eigenvalue weighted by atomic mass is 10.1. The van der Waals surface area contributed by atoms with Gasteiger partial charge < -0.3 is 0 Å². The predicted octanol–water partition coefficient (Wildman–Crippen LogP) is 1.40. The second kappa shape index (κ2) is 6.51. The second-order valence-corrected chi connectivity index (χ2v) is 7.31. The minimum absolute atomic E-state index is 0.111. The molecular weight excluding hydrogens is 370 g/mol. The molecule has 1 aromatic carbocycles. The molecule has 0 atom stereocenters. The standard InChI is InChI=1S/C15H12ClN3O5S/c1-25(22,23)24-8-10-6-9(17-15(16)18-10)7-19-13(20)11-4-2-3-5-12(11)14(19)21/h2-6H,7-8H2,1H3. The Kier molecular flexibility index (Phi) is 4.55. The first-order valence-electron chi connectivity index (χ1n) is 7.06. The average Bonchev–Trinajstić information content (AvgIpc) is 2.78. The maximum Gasteiger partial charge on any atom is 0.264 e. The summed E-state index contributed by atoms with van der Waals surface area (Å²) in [6.45, 7) is -0.434. The molecule has 0 saturated carbocycles. The molecular formula is C15H12ClN3O5S.